The number of Topliss-reactive ketones (excluding diaryl/α,β-unsaturated/α-hetero) is 1. The molecule has 0 aliphatic heterocycles. The Kier molecular flexibility index (Phi) is 1.66. The third-order valence-electron chi connectivity index (χ3n) is 1.03. The molecule has 0 spiro atoms. The molecule has 0 unspecified atom stereocenters. The minimum Gasteiger partial charge on any atom is -0.410 e. The van der Waals surface area contributed by atoms with Gasteiger partial charge < -0.3 is 5.21 Å². The lowest BCUT2D eigenvalue weighted by molar-refractivity contribution is -0.116. The third-order valence-corrected chi connectivity index (χ3v) is 1.03. The molecule has 0 saturated carbocycles. The van der Waals surface area contributed by atoms with Crippen LogP contribution in [0.4, 0.5) is 0 Å². The van der Waals surface area contributed by atoms with Crippen LogP contribution in [0.5, 0.6) is 0 Å². The lowest BCUT2D eigenvalue weighted by Gasteiger charge is -1.92. The molecule has 0 bridgehead atoms. The molecule has 1 heterocycles. The van der Waals surface area contributed by atoms with E-state index < -0.39 is 0 Å². The van der Waals surface area contributed by atoms with Crippen LogP contribution in [0.25, 0.3) is 0 Å². The first-order valence-corrected chi connectivity index (χ1v) is 2.78. The molecule has 0 aromatic carbocycles. The summed E-state index contributed by atoms with van der Waals surface area (Å²) in [6.45, 7) is 1.44. The van der Waals surface area contributed by atoms with E-state index in [2.05, 4.69) is 10.3 Å². The van der Waals surface area contributed by atoms with Gasteiger partial charge in [0.05, 0.1) is 12.6 Å². The van der Waals surface area contributed by atoms with Crippen molar-refractivity contribution in [3.63, 3.8) is 0 Å². The number of hydrogen-bond acceptors (Lipinski definition) is 4. The van der Waals surface area contributed by atoms with Crippen LogP contribution in [-0.2, 0) is 11.2 Å². The summed E-state index contributed by atoms with van der Waals surface area (Å²) in [5, 5.41) is 15.4. The Morgan fingerprint density at radius 1 is 1.90 bits per heavy atom. The average molecular weight is 141 g/mol. The first kappa shape index (κ1) is 6.73. The molecule has 10 heavy (non-hydrogen) atoms. The van der Waals surface area contributed by atoms with E-state index in [1.54, 1.807) is 0 Å². The number of hydrogen-bond donors (Lipinski definition) is 1. The molecule has 1 rings (SSSR count). The van der Waals surface area contributed by atoms with Gasteiger partial charge in [-0.05, 0) is 12.1 Å². The fourth-order valence-electron chi connectivity index (χ4n) is 0.622. The van der Waals surface area contributed by atoms with Gasteiger partial charge in [0.1, 0.15) is 11.5 Å². The maximum Gasteiger partial charge on any atom is 0.135 e. The van der Waals surface area contributed by atoms with Gasteiger partial charge in [0.15, 0.2) is 0 Å². The summed E-state index contributed by atoms with van der Waals surface area (Å²) in [6, 6.07) is 0. The van der Waals surface area contributed by atoms with E-state index >= 15 is 0 Å². The van der Waals surface area contributed by atoms with Gasteiger partial charge in [-0.1, -0.05) is 4.85 Å². The van der Waals surface area contributed by atoms with Gasteiger partial charge in [0, 0.05) is 0 Å². The monoisotopic (exact) mass is 141 g/mol. The highest BCUT2D eigenvalue weighted by Crippen LogP contribution is 1.93. The Bertz CT molecular complexity index is 243. The molecular weight excluding hydrogens is 134 g/mol. The maximum atomic E-state index is 10.5. The minimum absolute atomic E-state index is 0.0300. The van der Waals surface area contributed by atoms with Gasteiger partial charge in [-0.15, -0.1) is 5.10 Å². The van der Waals surface area contributed by atoms with Crippen molar-refractivity contribution in [1.29, 1.82) is 0 Å². The van der Waals surface area contributed by atoms with Crippen molar-refractivity contribution >= 4 is 5.78 Å². The van der Waals surface area contributed by atoms with Gasteiger partial charge in [-0.2, -0.15) is 0 Å². The third kappa shape index (κ3) is 1.31. The van der Waals surface area contributed by atoms with E-state index in [0.717, 1.165) is 0 Å². The Morgan fingerprint density at radius 2 is 2.60 bits per heavy atom. The quantitative estimate of drug-likeness (QED) is 0.571. The van der Waals surface area contributed by atoms with Crippen LogP contribution < -0.4 is 0 Å². The Morgan fingerprint density at radius 3 is 3.00 bits per heavy atom. The maximum absolute atomic E-state index is 10.5. The summed E-state index contributed by atoms with van der Waals surface area (Å²) in [7, 11) is 0. The van der Waals surface area contributed by atoms with Crippen molar-refractivity contribution < 1.29 is 10.0 Å². The van der Waals surface area contributed by atoms with Crippen LogP contribution in [0.15, 0.2) is 6.20 Å². The molecule has 0 aliphatic rings. The van der Waals surface area contributed by atoms with E-state index in [1.165, 1.54) is 13.1 Å². The second-order valence-electron chi connectivity index (χ2n) is 1.99. The number of carbonyl (C=O) groups is 1. The van der Waals surface area contributed by atoms with E-state index in [1.807, 2.05) is 0 Å². The number of rotatable bonds is 2. The number of ketones is 1. The number of nitrogens with zero attached hydrogens (tertiary/aromatic N) is 3. The molecule has 0 fully saturated rings. The smallest absolute Gasteiger partial charge is 0.135 e. The van der Waals surface area contributed by atoms with Crippen LogP contribution in [0, 0.1) is 0 Å². The fourth-order valence-corrected chi connectivity index (χ4v) is 0.622. The molecule has 0 amide bonds. The zero-order chi connectivity index (χ0) is 7.56. The molecule has 0 aliphatic carbocycles. The van der Waals surface area contributed by atoms with Crippen molar-refractivity contribution in [3.05, 3.63) is 11.9 Å². The normalized spacial score (nSPS) is 9.70. The molecule has 54 valence electrons. The Hall–Kier alpha value is -1.39. The van der Waals surface area contributed by atoms with E-state index in [0.29, 0.717) is 10.5 Å². The average Bonchev–Trinajstić information content (AvgIpc) is 2.15. The van der Waals surface area contributed by atoms with Crippen molar-refractivity contribution in [1.82, 2.24) is 15.2 Å². The topological polar surface area (TPSA) is 68.0 Å². The first-order valence-electron chi connectivity index (χ1n) is 2.78. The highest BCUT2D eigenvalue weighted by atomic mass is 16.5. The Labute approximate surface area is 57.2 Å². The molecule has 1 aromatic heterocycles. The second kappa shape index (κ2) is 2.47. The van der Waals surface area contributed by atoms with Crippen molar-refractivity contribution in [3.8, 4) is 0 Å². The van der Waals surface area contributed by atoms with Crippen molar-refractivity contribution in [2.45, 2.75) is 13.3 Å². The number of aromatic nitrogens is 3. The van der Waals surface area contributed by atoms with Gasteiger partial charge in [-0.25, -0.2) is 0 Å². The zero-order valence-corrected chi connectivity index (χ0v) is 5.48. The summed E-state index contributed by atoms with van der Waals surface area (Å²) in [5.41, 5.74) is 0.410. The molecule has 5 heteroatoms. The molecule has 0 radical (unpaired) electrons. The molecule has 5 nitrogen and oxygen atoms in total. The lowest BCUT2D eigenvalue weighted by Crippen LogP contribution is -2.04. The van der Waals surface area contributed by atoms with Crippen LogP contribution in [-0.4, -0.2) is 26.1 Å². The van der Waals surface area contributed by atoms with Crippen LogP contribution >= 0.6 is 0 Å². The zero-order valence-electron chi connectivity index (χ0n) is 5.48. The van der Waals surface area contributed by atoms with Crippen molar-refractivity contribution in [2.75, 3.05) is 0 Å². The van der Waals surface area contributed by atoms with Crippen LogP contribution in [0.1, 0.15) is 12.6 Å². The van der Waals surface area contributed by atoms with Crippen LogP contribution in [0.2, 0.25) is 0 Å². The van der Waals surface area contributed by atoms with Crippen molar-refractivity contribution in [2.24, 2.45) is 0 Å². The minimum atomic E-state index is -0.0300. The van der Waals surface area contributed by atoms with Gasteiger partial charge in [-0.3, -0.25) is 4.79 Å². The van der Waals surface area contributed by atoms with Gasteiger partial charge >= 0.3 is 0 Å². The van der Waals surface area contributed by atoms with E-state index in [4.69, 9.17) is 5.21 Å². The van der Waals surface area contributed by atoms with Gasteiger partial charge in [0.25, 0.3) is 0 Å². The second-order valence-corrected chi connectivity index (χ2v) is 1.99. The standard InChI is InChI=1S/C5H7N3O2/c1-4(9)2-5-3-6-7-8(5)10/h3,10H,2H2,1H3. The first-order chi connectivity index (χ1) is 4.70. The summed E-state index contributed by atoms with van der Waals surface area (Å²) in [6.07, 6.45) is 1.52. The molecule has 1 N–H and O–H groups in total. The predicted molar refractivity (Wildman–Crippen MR) is 31.6 cm³/mol. The molecular formula is C5H7N3O2. The fraction of sp³-hybridized carbons (Fsp3) is 0.400. The largest absolute Gasteiger partial charge is 0.410 e. The summed E-state index contributed by atoms with van der Waals surface area (Å²) in [5.74, 6) is -0.0300. The highest BCUT2D eigenvalue weighted by Gasteiger charge is 2.03. The summed E-state index contributed by atoms with van der Waals surface area (Å²) >= 11 is 0. The summed E-state index contributed by atoms with van der Waals surface area (Å²) in [4.78, 5) is 11.1. The van der Waals surface area contributed by atoms with E-state index in [-0.39, 0.29) is 12.2 Å². The van der Waals surface area contributed by atoms with E-state index in [9.17, 15) is 4.79 Å². The SMILES string of the molecule is CC(=O)Cc1cnnn1O. The van der Waals surface area contributed by atoms with Crippen LogP contribution in [0.3, 0.4) is 0 Å². The summed E-state index contributed by atoms with van der Waals surface area (Å²) < 4.78 is 0. The molecule has 0 saturated heterocycles. The lowest BCUT2D eigenvalue weighted by atomic mass is 10.2. The highest BCUT2D eigenvalue weighted by molar-refractivity contribution is 5.77. The Balaban J connectivity index is 2.74. The number of carbonyl (C=O) groups excluding carboxylic acids is 1. The molecule has 0 atom stereocenters. The van der Waals surface area contributed by atoms with Gasteiger partial charge in [0.2, 0.25) is 0 Å². The molecule has 1 aromatic rings. The predicted octanol–water partition coefficient (Wildman–Crippen LogP) is -0.353.